The second kappa shape index (κ2) is 20.5. The maximum atomic E-state index is 17.0. The first-order valence-electron chi connectivity index (χ1n) is 22.7. The second-order valence-corrected chi connectivity index (χ2v) is 23.3. The van der Waals surface area contributed by atoms with Crippen LogP contribution < -0.4 is 4.90 Å². The Labute approximate surface area is 412 Å². The maximum Gasteiger partial charge on any atom is 0.219 e. The van der Waals surface area contributed by atoms with E-state index in [9.17, 15) is 26.3 Å². The van der Waals surface area contributed by atoms with E-state index in [0.717, 1.165) is 30.8 Å². The van der Waals surface area contributed by atoms with Crippen molar-refractivity contribution in [3.63, 3.8) is 0 Å². The Morgan fingerprint density at radius 1 is 0.347 bits per heavy atom. The van der Waals surface area contributed by atoms with Crippen molar-refractivity contribution >= 4 is 42.1 Å². The number of nitrogens with one attached hydrogen (secondary N) is 1. The zero-order chi connectivity index (χ0) is 55.2. The topological polar surface area (TPSA) is 4.44 Å². The lowest BCUT2D eigenvalue weighted by Crippen LogP contribution is -3.07. The Morgan fingerprint density at radius 3 is 0.960 bits per heavy atom. The first-order chi connectivity index (χ1) is 35.3. The Morgan fingerprint density at radius 2 is 0.667 bits per heavy atom. The maximum absolute atomic E-state index is 17.0. The molecule has 0 spiro atoms. The largest absolute Gasteiger partial charge is 0.300 e. The van der Waals surface area contributed by atoms with E-state index in [-0.39, 0.29) is 24.3 Å². The van der Waals surface area contributed by atoms with Crippen LogP contribution in [-0.4, -0.2) is 26.2 Å². The molecule has 0 fully saturated rings. The second-order valence-electron chi connectivity index (χ2n) is 18.3. The fourth-order valence-electron chi connectivity index (χ4n) is 11.5. The molecule has 1 nitrogen and oxygen atoms in total. The van der Waals surface area contributed by atoms with Gasteiger partial charge >= 0.3 is 0 Å². The molecule has 0 bridgehead atoms. The molecule has 75 heavy (non-hydrogen) atoms. The van der Waals surface area contributed by atoms with Gasteiger partial charge in [0.2, 0.25) is 18.9 Å². The van der Waals surface area contributed by atoms with Crippen molar-refractivity contribution in [1.29, 1.82) is 0 Å². The number of halogens is 22. The van der Waals surface area contributed by atoms with Gasteiger partial charge in [-0.15, -0.1) is 0 Å². The predicted molar refractivity (Wildman–Crippen MR) is 230 cm³/mol. The van der Waals surface area contributed by atoms with Gasteiger partial charge in [-0.05, 0) is 49.6 Å². The van der Waals surface area contributed by atoms with E-state index in [2.05, 4.69) is 13.8 Å². The summed E-state index contributed by atoms with van der Waals surface area (Å²) in [7, 11) is 0. The zero-order valence-corrected chi connectivity index (χ0v) is 39.3. The third-order valence-corrected chi connectivity index (χ3v) is 21.7. The molecule has 0 heterocycles. The number of benzene rings is 5. The fourth-order valence-corrected chi connectivity index (χ4v) is 20.0. The molecule has 9 rings (SSSR count). The Kier molecular flexibility index (Phi) is 15.1. The SMILES string of the molecule is CCCCCC[NH+](CCC)c1cccc(F)c1F.FC1=C(F)[CH]([Al-]([CH]2C(F)=C(F)c3c2cc(F)c(F)c3F)([CH]2C(F)=C(F)c3c2cc(F)c(F)c3F)[CH]2C(F)=C(F)c3c2cc(F)c(F)c3F)c2cc(F)c(F)c(F)c21. The normalized spacial score (nSPS) is 19.9. The third kappa shape index (κ3) is 8.30. The average Bonchev–Trinajstić information content (AvgIpc) is 3.97. The van der Waals surface area contributed by atoms with E-state index in [1.807, 2.05) is 0 Å². The first-order valence-corrected chi connectivity index (χ1v) is 25.4. The van der Waals surface area contributed by atoms with Crippen LogP contribution in [0.25, 0.3) is 23.3 Å². The Bertz CT molecular complexity index is 2990. The van der Waals surface area contributed by atoms with Gasteiger partial charge in [-0.3, -0.25) is 4.90 Å². The van der Waals surface area contributed by atoms with Gasteiger partial charge in [0.1, 0.15) is 23.3 Å². The number of hydrogen-bond acceptors (Lipinski definition) is 0. The summed E-state index contributed by atoms with van der Waals surface area (Å²) in [5.41, 5.74) is -14.7. The molecule has 4 aliphatic carbocycles. The minimum absolute atomic E-state index is 0.349. The molecule has 0 saturated heterocycles. The highest BCUT2D eigenvalue weighted by molar-refractivity contribution is 6.88. The molecule has 0 saturated carbocycles. The van der Waals surface area contributed by atoms with Crippen molar-refractivity contribution in [2.45, 2.75) is 65.1 Å². The summed E-state index contributed by atoms with van der Waals surface area (Å²) >= 11 is -7.79. The van der Waals surface area contributed by atoms with Gasteiger partial charge in [-0.25, -0.2) is 92.2 Å². The summed E-state index contributed by atoms with van der Waals surface area (Å²) in [5, 5.41) is 0. The number of quaternary nitrogens is 1. The third-order valence-electron chi connectivity index (χ3n) is 14.4. The van der Waals surface area contributed by atoms with Gasteiger partial charge in [0.25, 0.3) is 0 Å². The van der Waals surface area contributed by atoms with Crippen LogP contribution in [0.4, 0.5) is 102 Å². The van der Waals surface area contributed by atoms with E-state index in [4.69, 9.17) is 0 Å². The molecule has 5 aromatic rings. The molecule has 4 aliphatic rings. The van der Waals surface area contributed by atoms with E-state index >= 15 is 70.2 Å². The summed E-state index contributed by atoms with van der Waals surface area (Å²) in [6.45, 7) is 5.98. The van der Waals surface area contributed by atoms with Crippen LogP contribution >= 0.6 is 0 Å². The standard InChI is InChI=1S/C15H23F2N.4C9H2F5.Al/c1-3-5-6-7-12-18(11-4-2)14-10-8-9-13(16)15(14)17;4*10-4-1-3-2-5(11)8(13)9(14)6(3)7(4)12;/h8-10H,3-7,11-12H2,1-2H3;4*1-2H;/q;;;;;-1/p+1. The lowest BCUT2D eigenvalue weighted by Gasteiger charge is -2.54. The van der Waals surface area contributed by atoms with E-state index in [0.29, 0.717) is 5.69 Å². The lowest BCUT2D eigenvalue weighted by atomic mass is 10.1. The van der Waals surface area contributed by atoms with Gasteiger partial charge in [0.15, 0.2) is 105 Å². The molecule has 5 atom stereocenters. The number of fused-ring (bicyclic) bond motifs is 4. The summed E-state index contributed by atoms with van der Waals surface area (Å²) in [5.74, 6) is -54.1. The minimum Gasteiger partial charge on any atom is -0.300 e. The highest BCUT2D eigenvalue weighted by atomic mass is 27.2. The van der Waals surface area contributed by atoms with Crippen LogP contribution in [0.1, 0.15) is 110 Å². The van der Waals surface area contributed by atoms with Crippen molar-refractivity contribution in [1.82, 2.24) is 0 Å². The van der Waals surface area contributed by atoms with Gasteiger partial charge in [-0.1, -0.05) is 74.1 Å². The number of rotatable bonds is 12. The molecule has 0 radical (unpaired) electrons. The van der Waals surface area contributed by atoms with Crippen molar-refractivity contribution in [3.05, 3.63) is 192 Å². The molecule has 0 amide bonds. The average molecular weight is 1100 g/mol. The lowest BCUT2D eigenvalue weighted by molar-refractivity contribution is -0.834. The van der Waals surface area contributed by atoms with Gasteiger partial charge in [0.05, 0.1) is 35.3 Å². The fraction of sp³-hybridized carbons (Fsp3) is 0.255. The number of hydrogen-bond donors (Lipinski definition) is 1. The van der Waals surface area contributed by atoms with Crippen molar-refractivity contribution in [2.24, 2.45) is 0 Å². The molecule has 1 N–H and O–H groups in total. The van der Waals surface area contributed by atoms with E-state index < -0.39 is 205 Å². The molecule has 0 aliphatic heterocycles. The van der Waals surface area contributed by atoms with Crippen LogP contribution in [0.2, 0.25) is 0 Å². The molecule has 5 unspecified atom stereocenters. The molecule has 0 aromatic heterocycles. The molecular weight excluding hydrogens is 1070 g/mol. The quantitative estimate of drug-likeness (QED) is 0.0550. The Balaban J connectivity index is 0.000000353. The zero-order valence-electron chi connectivity index (χ0n) is 38.2. The van der Waals surface area contributed by atoms with Gasteiger partial charge < -0.3 is 0 Å². The first kappa shape index (κ1) is 55.3. The summed E-state index contributed by atoms with van der Waals surface area (Å²) in [6, 6.07) is 3.07. The number of unbranched alkanes of at least 4 members (excludes halogenated alkanes) is 3. The summed E-state index contributed by atoms with van der Waals surface area (Å²) in [6.07, 6.45) is 5.61. The Hall–Kier alpha value is -5.99. The van der Waals surface area contributed by atoms with E-state index in [1.54, 1.807) is 12.1 Å². The van der Waals surface area contributed by atoms with E-state index in [1.165, 1.54) is 25.3 Å². The van der Waals surface area contributed by atoms with Crippen molar-refractivity contribution in [3.8, 4) is 0 Å². The monoisotopic (exact) mass is 1100 g/mol. The van der Waals surface area contributed by atoms with Crippen molar-refractivity contribution in [2.75, 3.05) is 13.1 Å². The van der Waals surface area contributed by atoms with Gasteiger partial charge in [-0.2, -0.15) is 4.39 Å². The van der Waals surface area contributed by atoms with Crippen LogP contribution in [0.5, 0.6) is 0 Å². The number of allylic oxidation sites excluding steroid dienone is 4. The van der Waals surface area contributed by atoms with Crippen LogP contribution in [0.3, 0.4) is 0 Å². The van der Waals surface area contributed by atoms with Crippen LogP contribution in [-0.2, 0) is 0 Å². The predicted octanol–water partition coefficient (Wildman–Crippen LogP) is 16.4. The van der Waals surface area contributed by atoms with Crippen molar-refractivity contribution < 1.29 is 101 Å². The highest BCUT2D eigenvalue weighted by Crippen LogP contribution is 2.71. The molecule has 24 heteroatoms. The highest BCUT2D eigenvalue weighted by Gasteiger charge is 2.68. The van der Waals surface area contributed by atoms with Crippen LogP contribution in [0.15, 0.2) is 65.8 Å². The summed E-state index contributed by atoms with van der Waals surface area (Å²) in [4.78, 5) is 1.06. The van der Waals surface area contributed by atoms with Crippen LogP contribution in [0, 0.1) is 81.4 Å². The smallest absolute Gasteiger partial charge is 0.219 e. The molecule has 5 aromatic carbocycles. The molecular formula is C51H32AlF22N. The minimum atomic E-state index is -7.79. The van der Waals surface area contributed by atoms with Gasteiger partial charge in [0, 0.05) is 6.07 Å². The summed E-state index contributed by atoms with van der Waals surface area (Å²) < 4.78 is 325. The molecule has 398 valence electrons.